The van der Waals surface area contributed by atoms with Gasteiger partial charge in [-0.25, -0.2) is 0 Å². The van der Waals surface area contributed by atoms with E-state index in [1.54, 1.807) is 0 Å². The van der Waals surface area contributed by atoms with Gasteiger partial charge in [-0.2, -0.15) is 0 Å². The van der Waals surface area contributed by atoms with E-state index >= 15 is 0 Å². The molecule has 0 bridgehead atoms. The molecule has 0 amide bonds. The first kappa shape index (κ1) is 10.6. The van der Waals surface area contributed by atoms with Crippen molar-refractivity contribution in [1.82, 2.24) is 0 Å². The molecule has 3 nitrogen and oxygen atoms in total. The summed E-state index contributed by atoms with van der Waals surface area (Å²) in [5.74, 6) is 0.934. The van der Waals surface area contributed by atoms with E-state index in [-0.39, 0.29) is 12.5 Å². The molecular formula is C11H15NO2. The van der Waals surface area contributed by atoms with Crippen LogP contribution < -0.4 is 4.74 Å². The van der Waals surface area contributed by atoms with E-state index in [4.69, 9.17) is 14.9 Å². The number of nitrogens with one attached hydrogen (secondary N) is 1. The van der Waals surface area contributed by atoms with Crippen molar-refractivity contribution in [3.63, 3.8) is 0 Å². The van der Waals surface area contributed by atoms with Crippen molar-refractivity contribution < 1.29 is 9.47 Å². The summed E-state index contributed by atoms with van der Waals surface area (Å²) in [5, 5.41) is 7.34. The molecular weight excluding hydrogens is 178 g/mol. The van der Waals surface area contributed by atoms with Gasteiger partial charge in [0.1, 0.15) is 5.75 Å². The summed E-state index contributed by atoms with van der Waals surface area (Å²) < 4.78 is 10.3. The largest absolute Gasteiger partial charge is 0.484 e. The van der Waals surface area contributed by atoms with Crippen molar-refractivity contribution >= 4 is 5.90 Å². The molecule has 0 aromatic heterocycles. The van der Waals surface area contributed by atoms with Gasteiger partial charge in [-0.15, -0.1) is 0 Å². The molecule has 14 heavy (non-hydrogen) atoms. The predicted molar refractivity (Wildman–Crippen MR) is 56.0 cm³/mol. The molecule has 0 spiro atoms. The van der Waals surface area contributed by atoms with Crippen LogP contribution in [0.1, 0.15) is 12.5 Å². The lowest BCUT2D eigenvalue weighted by Crippen LogP contribution is -2.13. The van der Waals surface area contributed by atoms with Crippen LogP contribution in [0.4, 0.5) is 0 Å². The summed E-state index contributed by atoms with van der Waals surface area (Å²) in [7, 11) is 0. The molecule has 0 aliphatic heterocycles. The van der Waals surface area contributed by atoms with Crippen molar-refractivity contribution in [2.24, 2.45) is 0 Å². The lowest BCUT2D eigenvalue weighted by atomic mass is 10.2. The van der Waals surface area contributed by atoms with Crippen molar-refractivity contribution in [1.29, 1.82) is 5.41 Å². The minimum absolute atomic E-state index is 0.161. The Bertz CT molecular complexity index is 310. The molecule has 1 aromatic carbocycles. The highest BCUT2D eigenvalue weighted by molar-refractivity contribution is 5.74. The monoisotopic (exact) mass is 193 g/mol. The minimum Gasteiger partial charge on any atom is -0.484 e. The fourth-order valence-corrected chi connectivity index (χ4v) is 1.07. The van der Waals surface area contributed by atoms with Gasteiger partial charge in [0, 0.05) is 0 Å². The van der Waals surface area contributed by atoms with Gasteiger partial charge < -0.3 is 9.47 Å². The number of benzene rings is 1. The fourth-order valence-electron chi connectivity index (χ4n) is 1.07. The van der Waals surface area contributed by atoms with Crippen molar-refractivity contribution in [3.8, 4) is 5.75 Å². The maximum atomic E-state index is 7.34. The molecule has 76 valence electrons. The highest BCUT2D eigenvalue weighted by atomic mass is 16.5. The second-order valence-electron chi connectivity index (χ2n) is 2.96. The van der Waals surface area contributed by atoms with Crippen LogP contribution in [-0.4, -0.2) is 19.1 Å². The van der Waals surface area contributed by atoms with Gasteiger partial charge in [-0.1, -0.05) is 12.1 Å². The number of aryl methyl sites for hydroxylation is 1. The number of ether oxygens (including phenoxy) is 2. The highest BCUT2D eigenvalue weighted by Crippen LogP contribution is 2.11. The van der Waals surface area contributed by atoms with Crippen LogP contribution in [0.5, 0.6) is 5.75 Å². The van der Waals surface area contributed by atoms with E-state index in [9.17, 15) is 0 Å². The first-order chi connectivity index (χ1) is 6.72. The van der Waals surface area contributed by atoms with Crippen LogP contribution in [-0.2, 0) is 4.74 Å². The van der Waals surface area contributed by atoms with Gasteiger partial charge in [0.05, 0.1) is 6.61 Å². The lowest BCUT2D eigenvalue weighted by molar-refractivity contribution is 0.273. The van der Waals surface area contributed by atoms with E-state index in [0.29, 0.717) is 6.61 Å². The summed E-state index contributed by atoms with van der Waals surface area (Å²) in [5.41, 5.74) is 1.14. The maximum absolute atomic E-state index is 7.34. The molecule has 0 fully saturated rings. The molecule has 1 N–H and O–H groups in total. The molecule has 0 aliphatic rings. The topological polar surface area (TPSA) is 42.3 Å². The normalized spacial score (nSPS) is 9.57. The Morgan fingerprint density at radius 2 is 2.21 bits per heavy atom. The molecule has 1 rings (SSSR count). The average molecular weight is 193 g/mol. The third-order valence-corrected chi connectivity index (χ3v) is 1.68. The van der Waals surface area contributed by atoms with Gasteiger partial charge >= 0.3 is 0 Å². The molecule has 0 saturated carbocycles. The van der Waals surface area contributed by atoms with Crippen molar-refractivity contribution in [2.45, 2.75) is 13.8 Å². The van der Waals surface area contributed by atoms with E-state index < -0.39 is 0 Å². The second kappa shape index (κ2) is 5.27. The summed E-state index contributed by atoms with van der Waals surface area (Å²) in [6.07, 6.45) is 0. The first-order valence-corrected chi connectivity index (χ1v) is 4.62. The second-order valence-corrected chi connectivity index (χ2v) is 2.96. The van der Waals surface area contributed by atoms with Crippen LogP contribution in [0.15, 0.2) is 24.3 Å². The summed E-state index contributed by atoms with van der Waals surface area (Å²) in [6, 6.07) is 7.72. The van der Waals surface area contributed by atoms with Crippen LogP contribution in [0.25, 0.3) is 0 Å². The third kappa shape index (κ3) is 3.47. The summed E-state index contributed by atoms with van der Waals surface area (Å²) in [6.45, 7) is 4.55. The Hall–Kier alpha value is -1.51. The Morgan fingerprint density at radius 1 is 1.43 bits per heavy atom. The van der Waals surface area contributed by atoms with E-state index in [1.807, 2.05) is 38.1 Å². The van der Waals surface area contributed by atoms with E-state index in [0.717, 1.165) is 11.3 Å². The Labute approximate surface area is 84.2 Å². The zero-order chi connectivity index (χ0) is 10.4. The average Bonchev–Trinajstić information content (AvgIpc) is 2.15. The molecule has 1 aromatic rings. The van der Waals surface area contributed by atoms with Crippen LogP contribution in [0.2, 0.25) is 0 Å². The lowest BCUT2D eigenvalue weighted by Gasteiger charge is -2.07. The Balaban J connectivity index is 2.41. The number of rotatable bonds is 4. The molecule has 0 radical (unpaired) electrons. The zero-order valence-corrected chi connectivity index (χ0v) is 8.54. The van der Waals surface area contributed by atoms with Crippen molar-refractivity contribution in [2.75, 3.05) is 13.2 Å². The molecule has 0 saturated heterocycles. The number of hydrogen-bond donors (Lipinski definition) is 1. The van der Waals surface area contributed by atoms with Gasteiger partial charge in [-0.3, -0.25) is 5.41 Å². The smallest absolute Gasteiger partial charge is 0.219 e. The molecule has 0 aliphatic carbocycles. The predicted octanol–water partition coefficient (Wildman–Crippen LogP) is 2.39. The summed E-state index contributed by atoms with van der Waals surface area (Å²) in [4.78, 5) is 0. The molecule has 3 heteroatoms. The fraction of sp³-hybridized carbons (Fsp3) is 0.364. The quantitative estimate of drug-likeness (QED) is 0.589. The van der Waals surface area contributed by atoms with E-state index in [2.05, 4.69) is 0 Å². The Kier molecular flexibility index (Phi) is 3.98. The SMILES string of the molecule is CCOC(=N)COc1cccc(C)c1. The first-order valence-electron chi connectivity index (χ1n) is 4.62. The van der Waals surface area contributed by atoms with Crippen LogP contribution >= 0.6 is 0 Å². The van der Waals surface area contributed by atoms with Crippen LogP contribution in [0.3, 0.4) is 0 Å². The Morgan fingerprint density at radius 3 is 2.86 bits per heavy atom. The van der Waals surface area contributed by atoms with Gasteiger partial charge in [-0.05, 0) is 31.5 Å². The van der Waals surface area contributed by atoms with E-state index in [1.165, 1.54) is 0 Å². The maximum Gasteiger partial charge on any atom is 0.219 e. The standard InChI is InChI=1S/C11H15NO2/c1-3-13-11(12)8-14-10-6-4-5-9(2)7-10/h4-7,12H,3,8H2,1-2H3. The van der Waals surface area contributed by atoms with Crippen molar-refractivity contribution in [3.05, 3.63) is 29.8 Å². The van der Waals surface area contributed by atoms with Gasteiger partial charge in [0.2, 0.25) is 5.90 Å². The van der Waals surface area contributed by atoms with Crippen LogP contribution in [0, 0.1) is 12.3 Å². The minimum atomic E-state index is 0.161. The third-order valence-electron chi connectivity index (χ3n) is 1.68. The summed E-state index contributed by atoms with van der Waals surface area (Å²) >= 11 is 0. The van der Waals surface area contributed by atoms with Gasteiger partial charge in [0.25, 0.3) is 0 Å². The molecule has 0 atom stereocenters. The number of hydrogen-bond acceptors (Lipinski definition) is 3. The molecule has 0 heterocycles. The molecule has 0 unspecified atom stereocenters. The zero-order valence-electron chi connectivity index (χ0n) is 8.54. The van der Waals surface area contributed by atoms with Gasteiger partial charge in [0.15, 0.2) is 6.61 Å². The highest BCUT2D eigenvalue weighted by Gasteiger charge is 1.98.